The van der Waals surface area contributed by atoms with Crippen molar-refractivity contribution >= 4 is 5.91 Å². The van der Waals surface area contributed by atoms with Crippen LogP contribution >= 0.6 is 0 Å². The van der Waals surface area contributed by atoms with E-state index in [0.29, 0.717) is 18.2 Å². The summed E-state index contributed by atoms with van der Waals surface area (Å²) < 4.78 is 5.50. The van der Waals surface area contributed by atoms with Crippen LogP contribution < -0.4 is 15.8 Å². The average Bonchev–Trinajstić information content (AvgIpc) is 2.43. The normalized spacial score (nSPS) is 12.2. The van der Waals surface area contributed by atoms with E-state index < -0.39 is 0 Å². The summed E-state index contributed by atoms with van der Waals surface area (Å²) in [4.78, 5) is 11.6. The van der Waals surface area contributed by atoms with Gasteiger partial charge in [0.2, 0.25) is 0 Å². The van der Waals surface area contributed by atoms with Gasteiger partial charge in [0.15, 0.2) is 6.61 Å². The fraction of sp³-hybridized carbons (Fsp3) is 0.562. The van der Waals surface area contributed by atoms with Crippen LogP contribution in [0.4, 0.5) is 0 Å². The Bertz CT molecular complexity index is 419. The molecule has 1 amide bonds. The maximum absolute atomic E-state index is 11.6. The topological polar surface area (TPSA) is 64.3 Å². The fourth-order valence-electron chi connectivity index (χ4n) is 1.73. The number of hydrogen-bond donors (Lipinski definition) is 2. The number of amides is 1. The summed E-state index contributed by atoms with van der Waals surface area (Å²) in [7, 11) is 0. The number of nitrogens with two attached hydrogens (primary N) is 1. The van der Waals surface area contributed by atoms with Crippen molar-refractivity contribution in [3.05, 3.63) is 29.8 Å². The highest BCUT2D eigenvalue weighted by molar-refractivity contribution is 5.77. The number of ether oxygens (including phenoxy) is 1. The lowest BCUT2D eigenvalue weighted by atomic mass is 10.0. The molecule has 0 aliphatic rings. The van der Waals surface area contributed by atoms with Crippen molar-refractivity contribution < 1.29 is 9.53 Å². The van der Waals surface area contributed by atoms with Crippen molar-refractivity contribution in [3.63, 3.8) is 0 Å². The molecule has 1 rings (SSSR count). The zero-order chi connectivity index (χ0) is 15.0. The lowest BCUT2D eigenvalue weighted by molar-refractivity contribution is -0.123. The first-order valence-corrected chi connectivity index (χ1v) is 7.25. The first-order chi connectivity index (χ1) is 9.51. The molecular formula is C16H26N2O2. The predicted octanol–water partition coefficient (Wildman–Crippen LogP) is 2.12. The predicted molar refractivity (Wildman–Crippen MR) is 81.8 cm³/mol. The van der Waals surface area contributed by atoms with Crippen LogP contribution in [-0.4, -0.2) is 25.1 Å². The van der Waals surface area contributed by atoms with Gasteiger partial charge in [-0.25, -0.2) is 0 Å². The zero-order valence-corrected chi connectivity index (χ0v) is 12.7. The highest BCUT2D eigenvalue weighted by Crippen LogP contribution is 2.14. The van der Waals surface area contributed by atoms with Crippen molar-refractivity contribution in [3.8, 4) is 5.75 Å². The quantitative estimate of drug-likeness (QED) is 0.765. The van der Waals surface area contributed by atoms with Crippen LogP contribution in [0.1, 0.15) is 32.8 Å². The molecule has 1 unspecified atom stereocenters. The van der Waals surface area contributed by atoms with Gasteiger partial charge < -0.3 is 15.8 Å². The molecule has 3 N–H and O–H groups in total. The Morgan fingerprint density at radius 2 is 2.15 bits per heavy atom. The number of hydrogen-bond acceptors (Lipinski definition) is 3. The van der Waals surface area contributed by atoms with E-state index in [2.05, 4.69) is 26.1 Å². The molecule has 0 saturated heterocycles. The van der Waals surface area contributed by atoms with Crippen molar-refractivity contribution in [2.45, 2.75) is 39.7 Å². The van der Waals surface area contributed by atoms with E-state index in [9.17, 15) is 4.79 Å². The van der Waals surface area contributed by atoms with E-state index in [1.807, 2.05) is 24.3 Å². The van der Waals surface area contributed by atoms with E-state index in [0.717, 1.165) is 18.4 Å². The molecule has 20 heavy (non-hydrogen) atoms. The van der Waals surface area contributed by atoms with Crippen LogP contribution in [0.25, 0.3) is 0 Å². The Balaban J connectivity index is 2.44. The lowest BCUT2D eigenvalue weighted by Crippen LogP contribution is -2.31. The summed E-state index contributed by atoms with van der Waals surface area (Å²) in [5.74, 6) is 1.07. The molecule has 1 aromatic rings. The molecular weight excluding hydrogens is 252 g/mol. The highest BCUT2D eigenvalue weighted by atomic mass is 16.5. The molecule has 4 heteroatoms. The monoisotopic (exact) mass is 278 g/mol. The number of benzene rings is 1. The number of carbonyl (C=O) groups is 1. The Morgan fingerprint density at radius 1 is 1.40 bits per heavy atom. The van der Waals surface area contributed by atoms with Crippen molar-refractivity contribution in [1.82, 2.24) is 5.32 Å². The van der Waals surface area contributed by atoms with E-state index in [4.69, 9.17) is 10.5 Å². The average molecular weight is 278 g/mol. The van der Waals surface area contributed by atoms with Gasteiger partial charge in [0.05, 0.1) is 0 Å². The number of rotatable bonds is 8. The molecule has 0 aliphatic heterocycles. The Hall–Kier alpha value is -1.55. The van der Waals surface area contributed by atoms with E-state index >= 15 is 0 Å². The number of nitrogens with one attached hydrogen (secondary N) is 1. The van der Waals surface area contributed by atoms with Crippen LogP contribution in [0, 0.1) is 5.92 Å². The van der Waals surface area contributed by atoms with Crippen LogP contribution in [0.5, 0.6) is 5.75 Å². The van der Waals surface area contributed by atoms with E-state index in [1.165, 1.54) is 0 Å². The molecule has 0 spiro atoms. The van der Waals surface area contributed by atoms with Gasteiger partial charge in [-0.3, -0.25) is 4.79 Å². The second kappa shape index (κ2) is 8.59. The van der Waals surface area contributed by atoms with E-state index in [1.54, 1.807) is 0 Å². The second-order valence-corrected chi connectivity index (χ2v) is 5.51. The fourth-order valence-corrected chi connectivity index (χ4v) is 1.73. The largest absolute Gasteiger partial charge is 0.484 e. The molecule has 0 aliphatic carbocycles. The lowest BCUT2D eigenvalue weighted by Gasteiger charge is -2.11. The van der Waals surface area contributed by atoms with Crippen molar-refractivity contribution in [2.75, 3.05) is 13.2 Å². The first-order valence-electron chi connectivity index (χ1n) is 7.25. The standard InChI is InChI=1S/C16H26N2O2/c1-4-14(17)8-13-6-5-7-15(9-13)20-11-16(19)18-10-12(2)3/h5-7,9,12,14H,4,8,10-11,17H2,1-3H3,(H,18,19). The van der Waals surface area contributed by atoms with Gasteiger partial charge in [0.1, 0.15) is 5.75 Å². The minimum absolute atomic E-state index is 0.0516. The smallest absolute Gasteiger partial charge is 0.257 e. The molecule has 0 fully saturated rings. The summed E-state index contributed by atoms with van der Waals surface area (Å²) in [5, 5.41) is 2.82. The highest BCUT2D eigenvalue weighted by Gasteiger charge is 2.05. The zero-order valence-electron chi connectivity index (χ0n) is 12.7. The molecule has 0 saturated carbocycles. The minimum atomic E-state index is -0.0886. The SMILES string of the molecule is CCC(N)Cc1cccc(OCC(=O)NCC(C)C)c1. The summed E-state index contributed by atoms with van der Waals surface area (Å²) in [6.07, 6.45) is 1.77. The third-order valence-corrected chi connectivity index (χ3v) is 3.00. The Morgan fingerprint density at radius 3 is 2.80 bits per heavy atom. The molecule has 112 valence electrons. The molecule has 0 heterocycles. The molecule has 1 atom stereocenters. The summed E-state index contributed by atoms with van der Waals surface area (Å²) >= 11 is 0. The third-order valence-electron chi connectivity index (χ3n) is 3.00. The molecule has 0 bridgehead atoms. The summed E-state index contributed by atoms with van der Waals surface area (Å²) in [6.45, 7) is 6.91. The van der Waals surface area contributed by atoms with Gasteiger partial charge in [-0.1, -0.05) is 32.9 Å². The maximum atomic E-state index is 11.6. The van der Waals surface area contributed by atoms with Crippen molar-refractivity contribution in [1.29, 1.82) is 0 Å². The molecule has 0 radical (unpaired) electrons. The molecule has 4 nitrogen and oxygen atoms in total. The van der Waals surface area contributed by atoms with Crippen LogP contribution in [0.3, 0.4) is 0 Å². The van der Waals surface area contributed by atoms with Crippen molar-refractivity contribution in [2.24, 2.45) is 11.7 Å². The van der Waals surface area contributed by atoms with Gasteiger partial charge in [0.25, 0.3) is 5.91 Å². The maximum Gasteiger partial charge on any atom is 0.257 e. The summed E-state index contributed by atoms with van der Waals surface area (Å²) in [5.41, 5.74) is 7.08. The van der Waals surface area contributed by atoms with E-state index in [-0.39, 0.29) is 18.6 Å². The van der Waals surface area contributed by atoms with Gasteiger partial charge in [-0.15, -0.1) is 0 Å². The summed E-state index contributed by atoms with van der Waals surface area (Å²) in [6, 6.07) is 7.93. The first kappa shape index (κ1) is 16.5. The second-order valence-electron chi connectivity index (χ2n) is 5.51. The molecule has 0 aromatic heterocycles. The number of carbonyl (C=O) groups excluding carboxylic acids is 1. The van der Waals surface area contributed by atoms with Gasteiger partial charge in [0, 0.05) is 12.6 Å². The van der Waals surface area contributed by atoms with Crippen LogP contribution in [-0.2, 0) is 11.2 Å². The minimum Gasteiger partial charge on any atom is -0.484 e. The Labute approximate surface area is 121 Å². The van der Waals surface area contributed by atoms with Crippen LogP contribution in [0.15, 0.2) is 24.3 Å². The van der Waals surface area contributed by atoms with Gasteiger partial charge >= 0.3 is 0 Å². The van der Waals surface area contributed by atoms with Gasteiger partial charge in [-0.05, 0) is 36.5 Å². The van der Waals surface area contributed by atoms with Crippen LogP contribution in [0.2, 0.25) is 0 Å². The Kier molecular flexibility index (Phi) is 7.09. The molecule has 1 aromatic carbocycles. The third kappa shape index (κ3) is 6.57. The van der Waals surface area contributed by atoms with Gasteiger partial charge in [-0.2, -0.15) is 0 Å².